The van der Waals surface area contributed by atoms with Gasteiger partial charge >= 0.3 is 0 Å². The summed E-state index contributed by atoms with van der Waals surface area (Å²) in [5, 5.41) is 6.42. The van der Waals surface area contributed by atoms with Crippen LogP contribution >= 0.6 is 15.9 Å². The van der Waals surface area contributed by atoms with Crippen LogP contribution in [0.15, 0.2) is 35.1 Å². The summed E-state index contributed by atoms with van der Waals surface area (Å²) in [6.45, 7) is 3.00. The third-order valence-corrected chi connectivity index (χ3v) is 3.29. The van der Waals surface area contributed by atoms with Gasteiger partial charge in [-0.2, -0.15) is 0 Å². The minimum Gasteiger partial charge on any atom is -0.393 e. The van der Waals surface area contributed by atoms with Crippen molar-refractivity contribution in [2.24, 2.45) is 0 Å². The Balaban J connectivity index is 2.14. The first-order chi connectivity index (χ1) is 9.70. The normalized spacial score (nSPS) is 10.3. The highest BCUT2D eigenvalue weighted by atomic mass is 79.9. The molecule has 0 spiro atoms. The molecule has 1 heterocycles. The second-order valence-corrected chi connectivity index (χ2v) is 5.32. The Bertz CT molecular complexity index is 573. The Kier molecular flexibility index (Phi) is 5.17. The molecule has 0 saturated carbocycles. The molecule has 1 aromatic heterocycles. The Labute approximate surface area is 127 Å². The minimum absolute atomic E-state index is 0.531. The van der Waals surface area contributed by atoms with Crippen molar-refractivity contribution in [3.63, 3.8) is 0 Å². The zero-order chi connectivity index (χ0) is 14.4. The molecule has 20 heavy (non-hydrogen) atoms. The van der Waals surface area contributed by atoms with E-state index in [0.717, 1.165) is 29.5 Å². The second-order valence-electron chi connectivity index (χ2n) is 4.40. The molecule has 4 N–H and O–H groups in total. The third-order valence-electron chi connectivity index (χ3n) is 2.79. The first-order valence-corrected chi connectivity index (χ1v) is 7.37. The summed E-state index contributed by atoms with van der Waals surface area (Å²) in [5.74, 6) is 1.28. The molecule has 2 aromatic rings. The number of nitrogen functional groups attached to an aromatic ring is 1. The zero-order valence-corrected chi connectivity index (χ0v) is 12.9. The molecule has 5 nitrogen and oxygen atoms in total. The lowest BCUT2D eigenvalue weighted by Crippen LogP contribution is -2.09. The monoisotopic (exact) mass is 335 g/mol. The van der Waals surface area contributed by atoms with Crippen LogP contribution in [-0.4, -0.2) is 16.5 Å². The maximum atomic E-state index is 6.09. The summed E-state index contributed by atoms with van der Waals surface area (Å²) < 4.78 is 0.997. The van der Waals surface area contributed by atoms with E-state index in [9.17, 15) is 0 Å². The number of rotatable bonds is 6. The molecule has 0 amide bonds. The topological polar surface area (TPSA) is 75.9 Å². The van der Waals surface area contributed by atoms with E-state index in [4.69, 9.17) is 5.73 Å². The van der Waals surface area contributed by atoms with Gasteiger partial charge in [0.25, 0.3) is 0 Å². The summed E-state index contributed by atoms with van der Waals surface area (Å²) >= 11 is 3.43. The molecular weight excluding hydrogens is 318 g/mol. The van der Waals surface area contributed by atoms with Crippen LogP contribution in [0.4, 0.5) is 23.0 Å². The van der Waals surface area contributed by atoms with E-state index in [2.05, 4.69) is 43.5 Å². The SMILES string of the molecule is CCCCNc1ncnc(Nc2cccc(Br)c2)c1N. The Morgan fingerprint density at radius 2 is 2.05 bits per heavy atom. The second kappa shape index (κ2) is 7.09. The number of benzene rings is 1. The summed E-state index contributed by atoms with van der Waals surface area (Å²) in [6, 6.07) is 7.83. The Morgan fingerprint density at radius 1 is 1.25 bits per heavy atom. The molecule has 6 heteroatoms. The van der Waals surface area contributed by atoms with Crippen molar-refractivity contribution < 1.29 is 0 Å². The number of unbranched alkanes of at least 4 members (excludes halogenated alkanes) is 1. The third kappa shape index (κ3) is 3.84. The standard InChI is InChI=1S/C14H18BrN5/c1-2-3-7-17-13-12(16)14(19-9-18-13)20-11-6-4-5-10(15)8-11/h4-6,8-9H,2-3,7,16H2,1H3,(H2,17,18,19,20). The predicted octanol–water partition coefficient (Wildman–Crippen LogP) is 3.78. The highest BCUT2D eigenvalue weighted by Gasteiger charge is 2.07. The fourth-order valence-electron chi connectivity index (χ4n) is 1.72. The van der Waals surface area contributed by atoms with Gasteiger partial charge in [-0.3, -0.25) is 0 Å². The highest BCUT2D eigenvalue weighted by Crippen LogP contribution is 2.26. The number of halogens is 1. The van der Waals surface area contributed by atoms with Gasteiger partial charge in [0, 0.05) is 16.7 Å². The molecule has 0 atom stereocenters. The van der Waals surface area contributed by atoms with Crippen molar-refractivity contribution in [2.75, 3.05) is 22.9 Å². The lowest BCUT2D eigenvalue weighted by atomic mass is 10.3. The van der Waals surface area contributed by atoms with Crippen LogP contribution in [0.3, 0.4) is 0 Å². The van der Waals surface area contributed by atoms with Crippen molar-refractivity contribution in [3.8, 4) is 0 Å². The van der Waals surface area contributed by atoms with Crippen LogP contribution in [-0.2, 0) is 0 Å². The molecule has 0 aliphatic rings. The number of nitrogens with zero attached hydrogens (tertiary/aromatic N) is 2. The number of hydrogen-bond donors (Lipinski definition) is 3. The first-order valence-electron chi connectivity index (χ1n) is 6.57. The number of hydrogen-bond acceptors (Lipinski definition) is 5. The van der Waals surface area contributed by atoms with Gasteiger partial charge in [0.2, 0.25) is 0 Å². The van der Waals surface area contributed by atoms with E-state index >= 15 is 0 Å². The zero-order valence-electron chi connectivity index (χ0n) is 11.4. The van der Waals surface area contributed by atoms with E-state index in [0.29, 0.717) is 17.3 Å². The number of nitrogens with two attached hydrogens (primary N) is 1. The van der Waals surface area contributed by atoms with E-state index in [1.54, 1.807) is 0 Å². The highest BCUT2D eigenvalue weighted by molar-refractivity contribution is 9.10. The molecule has 1 aromatic carbocycles. The van der Waals surface area contributed by atoms with Crippen LogP contribution in [0.5, 0.6) is 0 Å². The summed E-state index contributed by atoms with van der Waals surface area (Å²) in [5.41, 5.74) is 7.54. The van der Waals surface area contributed by atoms with Gasteiger partial charge in [0.05, 0.1) is 0 Å². The quantitative estimate of drug-likeness (QED) is 0.700. The van der Waals surface area contributed by atoms with Crippen LogP contribution in [0, 0.1) is 0 Å². The molecule has 0 unspecified atom stereocenters. The van der Waals surface area contributed by atoms with Gasteiger partial charge in [0.1, 0.15) is 12.0 Å². The molecule has 0 aliphatic heterocycles. The van der Waals surface area contributed by atoms with E-state index < -0.39 is 0 Å². The van der Waals surface area contributed by atoms with Crippen LogP contribution in [0.25, 0.3) is 0 Å². The summed E-state index contributed by atoms with van der Waals surface area (Å²) in [6.07, 6.45) is 3.71. The molecule has 2 rings (SSSR count). The summed E-state index contributed by atoms with van der Waals surface area (Å²) in [7, 11) is 0. The van der Waals surface area contributed by atoms with Gasteiger partial charge < -0.3 is 16.4 Å². The Morgan fingerprint density at radius 3 is 2.80 bits per heavy atom. The first kappa shape index (κ1) is 14.6. The fraction of sp³-hybridized carbons (Fsp3) is 0.286. The van der Waals surface area contributed by atoms with Crippen LogP contribution < -0.4 is 16.4 Å². The van der Waals surface area contributed by atoms with E-state index in [1.807, 2.05) is 24.3 Å². The van der Waals surface area contributed by atoms with E-state index in [-0.39, 0.29) is 0 Å². The van der Waals surface area contributed by atoms with Crippen molar-refractivity contribution in [1.29, 1.82) is 0 Å². The van der Waals surface area contributed by atoms with Crippen molar-refractivity contribution in [3.05, 3.63) is 35.1 Å². The van der Waals surface area contributed by atoms with Gasteiger partial charge in [-0.05, 0) is 24.6 Å². The number of anilines is 4. The average molecular weight is 336 g/mol. The van der Waals surface area contributed by atoms with Gasteiger partial charge in [-0.25, -0.2) is 9.97 Å². The molecule has 0 saturated heterocycles. The van der Waals surface area contributed by atoms with E-state index in [1.165, 1.54) is 6.33 Å². The average Bonchev–Trinajstić information content (AvgIpc) is 2.43. The maximum Gasteiger partial charge on any atom is 0.159 e. The lowest BCUT2D eigenvalue weighted by Gasteiger charge is -2.12. The Hall–Kier alpha value is -1.82. The van der Waals surface area contributed by atoms with Crippen LogP contribution in [0.2, 0.25) is 0 Å². The predicted molar refractivity (Wildman–Crippen MR) is 87.3 cm³/mol. The van der Waals surface area contributed by atoms with Crippen molar-refractivity contribution in [2.45, 2.75) is 19.8 Å². The molecule has 0 aliphatic carbocycles. The number of aromatic nitrogens is 2. The minimum atomic E-state index is 0.531. The van der Waals surface area contributed by atoms with Gasteiger partial charge in [-0.15, -0.1) is 0 Å². The maximum absolute atomic E-state index is 6.09. The lowest BCUT2D eigenvalue weighted by molar-refractivity contribution is 0.831. The molecule has 0 radical (unpaired) electrons. The summed E-state index contributed by atoms with van der Waals surface area (Å²) in [4.78, 5) is 8.36. The van der Waals surface area contributed by atoms with Gasteiger partial charge in [-0.1, -0.05) is 35.3 Å². The fourth-order valence-corrected chi connectivity index (χ4v) is 2.12. The van der Waals surface area contributed by atoms with Crippen LogP contribution in [0.1, 0.15) is 19.8 Å². The smallest absolute Gasteiger partial charge is 0.159 e. The largest absolute Gasteiger partial charge is 0.393 e. The molecule has 0 fully saturated rings. The molecule has 0 bridgehead atoms. The molecular formula is C14H18BrN5. The van der Waals surface area contributed by atoms with Crippen molar-refractivity contribution in [1.82, 2.24) is 9.97 Å². The van der Waals surface area contributed by atoms with Gasteiger partial charge in [0.15, 0.2) is 11.6 Å². The number of nitrogens with one attached hydrogen (secondary N) is 2. The van der Waals surface area contributed by atoms with Crippen molar-refractivity contribution >= 4 is 38.9 Å². The molecule has 106 valence electrons.